The number of aromatic nitrogens is 1. The molecule has 1 aromatic heterocycles. The summed E-state index contributed by atoms with van der Waals surface area (Å²) < 4.78 is 31.1. The molecule has 0 bridgehead atoms. The highest BCUT2D eigenvalue weighted by Crippen LogP contribution is 2.18. The van der Waals surface area contributed by atoms with Crippen LogP contribution in [-0.2, 0) is 10.0 Å². The Labute approximate surface area is 136 Å². The highest BCUT2D eigenvalue weighted by Gasteiger charge is 2.26. The number of carbonyl (C=O) groups is 1. The largest absolute Gasteiger partial charge is 0.362 e. The third-order valence-corrected chi connectivity index (χ3v) is 5.78. The first-order chi connectivity index (χ1) is 10.8. The lowest BCUT2D eigenvalue weighted by Crippen LogP contribution is -2.46. The zero-order valence-electron chi connectivity index (χ0n) is 13.7. The third-order valence-electron chi connectivity index (χ3n) is 3.97. The Morgan fingerprint density at radius 3 is 2.87 bits per heavy atom. The number of sulfonamides is 1. The van der Waals surface area contributed by atoms with E-state index < -0.39 is 15.3 Å². The van der Waals surface area contributed by atoms with Crippen LogP contribution in [0.1, 0.15) is 32.3 Å². The van der Waals surface area contributed by atoms with E-state index in [1.54, 1.807) is 25.7 Å². The van der Waals surface area contributed by atoms with Crippen molar-refractivity contribution in [2.45, 2.75) is 38.9 Å². The van der Waals surface area contributed by atoms with Crippen LogP contribution in [0.4, 0.5) is 10.6 Å². The zero-order valence-corrected chi connectivity index (χ0v) is 14.5. The molecule has 1 aliphatic heterocycles. The Hall–Kier alpha value is -1.61. The number of hydrogen-bond donors (Lipinski definition) is 2. The Morgan fingerprint density at radius 2 is 2.26 bits per heavy atom. The fourth-order valence-electron chi connectivity index (χ4n) is 2.40. The van der Waals surface area contributed by atoms with E-state index in [0.29, 0.717) is 25.5 Å². The molecule has 1 fully saturated rings. The first-order valence-electron chi connectivity index (χ1n) is 7.75. The van der Waals surface area contributed by atoms with Gasteiger partial charge in [-0.05, 0) is 39.5 Å². The normalized spacial score (nSPS) is 19.1. The fraction of sp³-hybridized carbons (Fsp3) is 0.714. The molecule has 8 nitrogen and oxygen atoms in total. The summed E-state index contributed by atoms with van der Waals surface area (Å²) in [6, 6.07) is -0.238. The average molecular weight is 344 g/mol. The molecule has 1 unspecified atom stereocenters. The smallest absolute Gasteiger partial charge is 0.323 e. The maximum absolute atomic E-state index is 12.3. The van der Waals surface area contributed by atoms with Crippen LogP contribution in [0.25, 0.3) is 0 Å². The van der Waals surface area contributed by atoms with Crippen LogP contribution in [0.15, 0.2) is 10.8 Å². The van der Waals surface area contributed by atoms with Gasteiger partial charge in [-0.2, -0.15) is 0 Å². The second-order valence-electron chi connectivity index (χ2n) is 6.17. The number of piperidine rings is 1. The number of aryl methyl sites for hydroxylation is 1. The quantitative estimate of drug-likeness (QED) is 0.843. The Bertz CT molecular complexity index is 641. The van der Waals surface area contributed by atoms with Crippen molar-refractivity contribution in [1.29, 1.82) is 0 Å². The lowest BCUT2D eigenvalue weighted by atomic mass is 9.99. The summed E-state index contributed by atoms with van der Waals surface area (Å²) in [4.78, 5) is 14.0. The van der Waals surface area contributed by atoms with Crippen molar-refractivity contribution < 1.29 is 17.7 Å². The molecular weight excluding hydrogens is 320 g/mol. The van der Waals surface area contributed by atoms with Crippen molar-refractivity contribution in [2.24, 2.45) is 5.92 Å². The predicted octanol–water partition coefficient (Wildman–Crippen LogP) is 1.55. The van der Waals surface area contributed by atoms with Crippen LogP contribution in [-0.4, -0.2) is 49.4 Å². The molecule has 2 rings (SSSR count). The standard InChI is InChI=1S/C14H24N4O4S/c1-10(2)23(20,21)15-7-12-5-4-6-18(8-12)14(19)16-13-11(3)9-22-17-13/h9-10,12,15H,4-8H2,1-3H3,(H,16,17,19). The minimum absolute atomic E-state index is 0.112. The van der Waals surface area contributed by atoms with Gasteiger partial charge >= 0.3 is 6.03 Å². The molecule has 1 aromatic rings. The summed E-state index contributed by atoms with van der Waals surface area (Å²) in [6.07, 6.45) is 3.21. The monoisotopic (exact) mass is 344 g/mol. The minimum atomic E-state index is -3.27. The maximum atomic E-state index is 12.3. The molecule has 0 spiro atoms. The topological polar surface area (TPSA) is 105 Å². The molecule has 1 saturated heterocycles. The van der Waals surface area contributed by atoms with Gasteiger partial charge in [0.25, 0.3) is 0 Å². The molecule has 2 heterocycles. The van der Waals surface area contributed by atoms with Crippen molar-refractivity contribution in [3.63, 3.8) is 0 Å². The van der Waals surface area contributed by atoms with Crippen molar-refractivity contribution in [3.8, 4) is 0 Å². The Balaban J connectivity index is 1.88. The van der Waals surface area contributed by atoms with Gasteiger partial charge in [0, 0.05) is 25.2 Å². The number of rotatable bonds is 5. The van der Waals surface area contributed by atoms with Gasteiger partial charge in [-0.1, -0.05) is 5.16 Å². The molecule has 23 heavy (non-hydrogen) atoms. The van der Waals surface area contributed by atoms with Crippen molar-refractivity contribution in [3.05, 3.63) is 11.8 Å². The summed E-state index contributed by atoms with van der Waals surface area (Å²) in [5, 5.41) is 5.99. The molecule has 9 heteroatoms. The number of nitrogens with zero attached hydrogens (tertiary/aromatic N) is 2. The van der Waals surface area contributed by atoms with E-state index in [0.717, 1.165) is 18.4 Å². The third kappa shape index (κ3) is 4.68. The average Bonchev–Trinajstić information content (AvgIpc) is 2.90. The molecule has 0 saturated carbocycles. The van der Waals surface area contributed by atoms with Gasteiger partial charge < -0.3 is 9.42 Å². The second-order valence-corrected chi connectivity index (χ2v) is 8.49. The van der Waals surface area contributed by atoms with E-state index >= 15 is 0 Å². The maximum Gasteiger partial charge on any atom is 0.323 e. The number of carbonyl (C=O) groups excluding carboxylic acids is 1. The second kappa shape index (κ2) is 7.31. The van der Waals surface area contributed by atoms with Crippen molar-refractivity contribution in [2.75, 3.05) is 25.0 Å². The first kappa shape index (κ1) is 17.7. The van der Waals surface area contributed by atoms with Gasteiger partial charge in [0.1, 0.15) is 6.26 Å². The summed E-state index contributed by atoms with van der Waals surface area (Å²) >= 11 is 0. The van der Waals surface area contributed by atoms with Crippen LogP contribution in [0, 0.1) is 12.8 Å². The van der Waals surface area contributed by atoms with Crippen LogP contribution in [0.3, 0.4) is 0 Å². The van der Waals surface area contributed by atoms with E-state index in [9.17, 15) is 13.2 Å². The van der Waals surface area contributed by atoms with Crippen LogP contribution >= 0.6 is 0 Å². The summed E-state index contributed by atoms with van der Waals surface area (Å²) in [5.74, 6) is 0.527. The van der Waals surface area contributed by atoms with E-state index in [2.05, 4.69) is 15.2 Å². The number of nitrogens with one attached hydrogen (secondary N) is 2. The van der Waals surface area contributed by atoms with E-state index in [4.69, 9.17) is 4.52 Å². The number of amides is 2. The Morgan fingerprint density at radius 1 is 1.52 bits per heavy atom. The fourth-order valence-corrected chi connectivity index (χ4v) is 3.21. The van der Waals surface area contributed by atoms with E-state index in [-0.39, 0.29) is 11.9 Å². The Kier molecular flexibility index (Phi) is 5.64. The van der Waals surface area contributed by atoms with Gasteiger partial charge in [-0.15, -0.1) is 0 Å². The van der Waals surface area contributed by atoms with Crippen molar-refractivity contribution in [1.82, 2.24) is 14.8 Å². The van der Waals surface area contributed by atoms with Crippen LogP contribution < -0.4 is 10.0 Å². The molecule has 2 amide bonds. The number of anilines is 1. The summed E-state index contributed by atoms with van der Waals surface area (Å²) in [5.41, 5.74) is 0.761. The highest BCUT2D eigenvalue weighted by atomic mass is 32.2. The van der Waals surface area contributed by atoms with Crippen molar-refractivity contribution >= 4 is 21.9 Å². The van der Waals surface area contributed by atoms with Gasteiger partial charge in [0.2, 0.25) is 10.0 Å². The summed E-state index contributed by atoms with van der Waals surface area (Å²) in [6.45, 7) is 6.60. The van der Waals surface area contributed by atoms with Gasteiger partial charge in [0.05, 0.1) is 5.25 Å². The number of urea groups is 1. The molecule has 1 atom stereocenters. The molecule has 0 aromatic carbocycles. The minimum Gasteiger partial charge on any atom is -0.362 e. The van der Waals surface area contributed by atoms with Gasteiger partial charge in [0.15, 0.2) is 5.82 Å². The lowest BCUT2D eigenvalue weighted by Gasteiger charge is -2.32. The number of hydrogen-bond acceptors (Lipinski definition) is 5. The molecule has 0 radical (unpaired) electrons. The first-order valence-corrected chi connectivity index (χ1v) is 9.29. The predicted molar refractivity (Wildman–Crippen MR) is 86.6 cm³/mol. The lowest BCUT2D eigenvalue weighted by molar-refractivity contribution is 0.178. The molecule has 0 aliphatic carbocycles. The SMILES string of the molecule is Cc1conc1NC(=O)N1CCCC(CNS(=O)(=O)C(C)C)C1. The highest BCUT2D eigenvalue weighted by molar-refractivity contribution is 7.90. The molecule has 1 aliphatic rings. The number of likely N-dealkylation sites (tertiary alicyclic amines) is 1. The zero-order chi connectivity index (χ0) is 17.0. The van der Waals surface area contributed by atoms with Crippen LogP contribution in [0.2, 0.25) is 0 Å². The van der Waals surface area contributed by atoms with E-state index in [1.807, 2.05) is 0 Å². The van der Waals surface area contributed by atoms with Gasteiger partial charge in [-0.3, -0.25) is 5.32 Å². The molecule has 2 N–H and O–H groups in total. The molecule has 130 valence electrons. The van der Waals surface area contributed by atoms with Gasteiger partial charge in [-0.25, -0.2) is 17.9 Å². The molecular formula is C14H24N4O4S. The van der Waals surface area contributed by atoms with Crippen LogP contribution in [0.5, 0.6) is 0 Å². The summed E-state index contributed by atoms with van der Waals surface area (Å²) in [7, 11) is -3.27. The van der Waals surface area contributed by atoms with E-state index in [1.165, 1.54) is 6.26 Å².